The molecule has 18 heavy (non-hydrogen) atoms. The quantitative estimate of drug-likeness (QED) is 0.463. The van der Waals surface area contributed by atoms with Crippen molar-refractivity contribution in [3.63, 3.8) is 0 Å². The monoisotopic (exact) mass is 249 g/mol. The molecule has 0 spiro atoms. The SMILES string of the molecule is CCOC(=O)Cc1nc2ccccn2c1[N+](=O)[O-]. The highest BCUT2D eigenvalue weighted by Crippen LogP contribution is 2.21. The van der Waals surface area contributed by atoms with E-state index in [1.807, 2.05) is 0 Å². The maximum atomic E-state index is 11.4. The molecule has 2 rings (SSSR count). The topological polar surface area (TPSA) is 86.7 Å². The van der Waals surface area contributed by atoms with Gasteiger partial charge in [-0.1, -0.05) is 6.07 Å². The Labute approximate surface area is 102 Å². The normalized spacial score (nSPS) is 10.5. The highest BCUT2D eigenvalue weighted by atomic mass is 16.6. The van der Waals surface area contributed by atoms with Gasteiger partial charge < -0.3 is 14.9 Å². The number of nitro groups is 1. The van der Waals surface area contributed by atoms with Crippen molar-refractivity contribution in [3.05, 3.63) is 40.2 Å². The van der Waals surface area contributed by atoms with E-state index in [2.05, 4.69) is 4.98 Å². The van der Waals surface area contributed by atoms with Crippen molar-refractivity contribution >= 4 is 17.4 Å². The molecule has 0 atom stereocenters. The smallest absolute Gasteiger partial charge is 0.351 e. The molecule has 2 heterocycles. The summed E-state index contributed by atoms with van der Waals surface area (Å²) in [6.07, 6.45) is 1.33. The largest absolute Gasteiger partial charge is 0.466 e. The van der Waals surface area contributed by atoms with Crippen molar-refractivity contribution in [2.45, 2.75) is 13.3 Å². The van der Waals surface area contributed by atoms with E-state index < -0.39 is 10.9 Å². The Balaban J connectivity index is 2.46. The second-order valence-electron chi connectivity index (χ2n) is 3.55. The lowest BCUT2D eigenvalue weighted by Gasteiger charge is -1.99. The van der Waals surface area contributed by atoms with E-state index >= 15 is 0 Å². The van der Waals surface area contributed by atoms with Gasteiger partial charge in [0.1, 0.15) is 5.69 Å². The third-order valence-corrected chi connectivity index (χ3v) is 2.36. The van der Waals surface area contributed by atoms with Gasteiger partial charge in [0.15, 0.2) is 0 Å². The van der Waals surface area contributed by atoms with Crippen LogP contribution in [0.3, 0.4) is 0 Å². The van der Waals surface area contributed by atoms with Crippen molar-refractivity contribution in [2.75, 3.05) is 6.61 Å². The van der Waals surface area contributed by atoms with E-state index in [0.717, 1.165) is 0 Å². The standard InChI is InChI=1S/C11H11N3O4/c1-2-18-10(15)7-8-11(14(16)17)13-6-4-3-5-9(13)12-8/h3-6H,2,7H2,1H3. The average molecular weight is 249 g/mol. The van der Waals surface area contributed by atoms with E-state index in [1.165, 1.54) is 10.6 Å². The van der Waals surface area contributed by atoms with Crippen LogP contribution in [0, 0.1) is 10.1 Å². The number of hydrogen-bond donors (Lipinski definition) is 0. The number of ether oxygens (including phenoxy) is 1. The molecule has 0 bridgehead atoms. The minimum atomic E-state index is -0.547. The summed E-state index contributed by atoms with van der Waals surface area (Å²) in [5.74, 6) is -0.720. The number of carbonyl (C=O) groups is 1. The fourth-order valence-electron chi connectivity index (χ4n) is 1.69. The van der Waals surface area contributed by atoms with Crippen LogP contribution in [0.2, 0.25) is 0 Å². The van der Waals surface area contributed by atoms with Crippen LogP contribution < -0.4 is 0 Å². The zero-order chi connectivity index (χ0) is 13.1. The lowest BCUT2D eigenvalue weighted by molar-refractivity contribution is -0.391. The maximum Gasteiger partial charge on any atom is 0.351 e. The van der Waals surface area contributed by atoms with Crippen LogP contribution in [0.25, 0.3) is 5.65 Å². The summed E-state index contributed by atoms with van der Waals surface area (Å²) in [7, 11) is 0. The molecule has 0 aromatic carbocycles. The molecule has 0 radical (unpaired) electrons. The Morgan fingerprint density at radius 1 is 1.56 bits per heavy atom. The fraction of sp³-hybridized carbons (Fsp3) is 0.273. The molecule has 7 nitrogen and oxygen atoms in total. The zero-order valence-electron chi connectivity index (χ0n) is 9.70. The molecular weight excluding hydrogens is 238 g/mol. The third-order valence-electron chi connectivity index (χ3n) is 2.36. The van der Waals surface area contributed by atoms with Crippen molar-refractivity contribution in [1.29, 1.82) is 0 Å². The summed E-state index contributed by atoms with van der Waals surface area (Å²) >= 11 is 0. The molecule has 0 fully saturated rings. The highest BCUT2D eigenvalue weighted by Gasteiger charge is 2.24. The molecule has 94 valence electrons. The first-order valence-electron chi connectivity index (χ1n) is 5.39. The van der Waals surface area contributed by atoms with E-state index in [9.17, 15) is 14.9 Å². The summed E-state index contributed by atoms with van der Waals surface area (Å²) in [6.45, 7) is 1.91. The van der Waals surface area contributed by atoms with E-state index in [1.54, 1.807) is 25.1 Å². The van der Waals surface area contributed by atoms with Crippen LogP contribution in [-0.2, 0) is 16.0 Å². The number of hydrogen-bond acceptors (Lipinski definition) is 5. The Kier molecular flexibility index (Phi) is 3.22. The second kappa shape index (κ2) is 4.82. The molecule has 0 aliphatic carbocycles. The average Bonchev–Trinajstić information content (AvgIpc) is 2.66. The molecule has 0 aliphatic rings. The van der Waals surface area contributed by atoms with Gasteiger partial charge in [-0.15, -0.1) is 0 Å². The lowest BCUT2D eigenvalue weighted by atomic mass is 10.3. The first kappa shape index (κ1) is 12.0. The van der Waals surface area contributed by atoms with Crippen molar-refractivity contribution in [2.24, 2.45) is 0 Å². The number of imidazole rings is 1. The minimum absolute atomic E-state index is 0.115. The van der Waals surface area contributed by atoms with Gasteiger partial charge in [-0.3, -0.25) is 4.79 Å². The summed E-state index contributed by atoms with van der Waals surface area (Å²) in [6, 6.07) is 5.03. The van der Waals surface area contributed by atoms with Crippen LogP contribution >= 0.6 is 0 Å². The van der Waals surface area contributed by atoms with Gasteiger partial charge in [0, 0.05) is 6.07 Å². The number of fused-ring (bicyclic) bond motifs is 1. The van der Waals surface area contributed by atoms with Crippen LogP contribution in [0.4, 0.5) is 5.82 Å². The van der Waals surface area contributed by atoms with Crippen molar-refractivity contribution in [3.8, 4) is 0 Å². The number of pyridine rings is 1. The fourth-order valence-corrected chi connectivity index (χ4v) is 1.69. The molecule has 0 aliphatic heterocycles. The van der Waals surface area contributed by atoms with Crippen LogP contribution in [0.15, 0.2) is 24.4 Å². The first-order chi connectivity index (χ1) is 8.63. The molecule has 7 heteroatoms. The zero-order valence-corrected chi connectivity index (χ0v) is 9.70. The van der Waals surface area contributed by atoms with Gasteiger partial charge in [-0.25, -0.2) is 4.98 Å². The molecule has 0 saturated heterocycles. The number of carbonyl (C=O) groups excluding carboxylic acids is 1. The van der Waals surface area contributed by atoms with E-state index in [0.29, 0.717) is 5.65 Å². The van der Waals surface area contributed by atoms with Gasteiger partial charge >= 0.3 is 11.8 Å². The van der Waals surface area contributed by atoms with Gasteiger partial charge in [0.05, 0.1) is 19.2 Å². The Morgan fingerprint density at radius 2 is 2.33 bits per heavy atom. The summed E-state index contributed by atoms with van der Waals surface area (Å²) in [5, 5.41) is 11.0. The second-order valence-corrected chi connectivity index (χ2v) is 3.55. The Morgan fingerprint density at radius 3 is 3.00 bits per heavy atom. The molecule has 0 unspecified atom stereocenters. The van der Waals surface area contributed by atoms with Gasteiger partial charge in [0.25, 0.3) is 0 Å². The predicted octanol–water partition coefficient (Wildman–Crippen LogP) is 1.35. The number of esters is 1. The van der Waals surface area contributed by atoms with Crippen molar-refractivity contribution in [1.82, 2.24) is 9.38 Å². The maximum absolute atomic E-state index is 11.4. The molecule has 2 aromatic rings. The van der Waals surface area contributed by atoms with Crippen LogP contribution in [-0.4, -0.2) is 26.9 Å². The Bertz CT molecular complexity index is 605. The summed E-state index contributed by atoms with van der Waals surface area (Å²) in [4.78, 5) is 25.9. The number of aromatic nitrogens is 2. The molecule has 0 N–H and O–H groups in total. The van der Waals surface area contributed by atoms with E-state index in [4.69, 9.17) is 4.74 Å². The molecule has 2 aromatic heterocycles. The third kappa shape index (κ3) is 2.15. The highest BCUT2D eigenvalue weighted by molar-refractivity contribution is 5.73. The summed E-state index contributed by atoms with van der Waals surface area (Å²) in [5.41, 5.74) is 0.549. The summed E-state index contributed by atoms with van der Waals surface area (Å²) < 4.78 is 6.11. The van der Waals surface area contributed by atoms with Gasteiger partial charge in [-0.05, 0) is 17.9 Å². The van der Waals surface area contributed by atoms with Crippen molar-refractivity contribution < 1.29 is 14.5 Å². The van der Waals surface area contributed by atoms with E-state index in [-0.39, 0.29) is 24.5 Å². The molecular formula is C11H11N3O4. The van der Waals surface area contributed by atoms with Gasteiger partial charge in [0.2, 0.25) is 5.65 Å². The molecule has 0 saturated carbocycles. The van der Waals surface area contributed by atoms with Crippen LogP contribution in [0.5, 0.6) is 0 Å². The number of rotatable bonds is 4. The van der Waals surface area contributed by atoms with Gasteiger partial charge in [-0.2, -0.15) is 4.40 Å². The Hall–Kier alpha value is -2.44. The first-order valence-corrected chi connectivity index (χ1v) is 5.39. The lowest BCUT2D eigenvalue weighted by Crippen LogP contribution is -2.09. The number of nitrogens with zero attached hydrogens (tertiary/aromatic N) is 3. The van der Waals surface area contributed by atoms with Crippen LogP contribution in [0.1, 0.15) is 12.6 Å². The minimum Gasteiger partial charge on any atom is -0.466 e. The molecule has 0 amide bonds. The predicted molar refractivity (Wildman–Crippen MR) is 62.2 cm³/mol.